The molecule has 0 unspecified atom stereocenters. The van der Waals surface area contributed by atoms with Crippen LogP contribution in [0.15, 0.2) is 12.3 Å². The number of hydrogen-bond donors (Lipinski definition) is 0. The molecule has 0 N–H and O–H groups in total. The molecule has 0 radical (unpaired) electrons. The number of carbonyl (C=O) groups excluding carboxylic acids is 1. The van der Waals surface area contributed by atoms with Crippen LogP contribution in [0.3, 0.4) is 0 Å². The second-order valence-corrected chi connectivity index (χ2v) is 3.50. The largest absolute Gasteiger partial charge is 0.501 e. The SMILES string of the molecule is CCOC=CC(=O)C1CCCCC1. The van der Waals surface area contributed by atoms with Crippen LogP contribution in [0.4, 0.5) is 0 Å². The molecule has 0 amide bonds. The van der Waals surface area contributed by atoms with Crippen molar-refractivity contribution in [3.05, 3.63) is 12.3 Å². The topological polar surface area (TPSA) is 26.3 Å². The van der Waals surface area contributed by atoms with Gasteiger partial charge in [-0.1, -0.05) is 19.3 Å². The Balaban J connectivity index is 2.28. The molecule has 13 heavy (non-hydrogen) atoms. The summed E-state index contributed by atoms with van der Waals surface area (Å²) in [6.07, 6.45) is 8.94. The van der Waals surface area contributed by atoms with Gasteiger partial charge in [0.15, 0.2) is 5.78 Å². The first-order valence-corrected chi connectivity index (χ1v) is 5.16. The first kappa shape index (κ1) is 10.3. The molecule has 1 rings (SSSR count). The fourth-order valence-electron chi connectivity index (χ4n) is 1.73. The number of carbonyl (C=O) groups is 1. The van der Waals surface area contributed by atoms with E-state index in [1.165, 1.54) is 25.5 Å². The zero-order valence-corrected chi connectivity index (χ0v) is 8.29. The van der Waals surface area contributed by atoms with Gasteiger partial charge in [-0.25, -0.2) is 0 Å². The lowest BCUT2D eigenvalue weighted by Crippen LogP contribution is -2.15. The highest BCUT2D eigenvalue weighted by atomic mass is 16.5. The minimum absolute atomic E-state index is 0.244. The molecule has 1 aliphatic carbocycles. The average Bonchev–Trinajstić information content (AvgIpc) is 2.19. The molecule has 0 saturated heterocycles. The van der Waals surface area contributed by atoms with Crippen molar-refractivity contribution in [2.75, 3.05) is 6.61 Å². The number of ketones is 1. The molecule has 2 heteroatoms. The van der Waals surface area contributed by atoms with E-state index in [9.17, 15) is 4.79 Å². The summed E-state index contributed by atoms with van der Waals surface area (Å²) in [5.41, 5.74) is 0. The number of hydrogen-bond acceptors (Lipinski definition) is 2. The van der Waals surface area contributed by atoms with E-state index in [4.69, 9.17) is 4.74 Å². The highest BCUT2D eigenvalue weighted by Crippen LogP contribution is 2.24. The Labute approximate surface area is 80.0 Å². The van der Waals surface area contributed by atoms with Crippen LogP contribution in [-0.2, 0) is 9.53 Å². The van der Waals surface area contributed by atoms with Crippen LogP contribution in [-0.4, -0.2) is 12.4 Å². The van der Waals surface area contributed by atoms with Gasteiger partial charge in [-0.3, -0.25) is 4.79 Å². The molecule has 0 spiro atoms. The number of rotatable bonds is 4. The Morgan fingerprint density at radius 2 is 2.08 bits per heavy atom. The second-order valence-electron chi connectivity index (χ2n) is 3.50. The van der Waals surface area contributed by atoms with Crippen molar-refractivity contribution in [3.8, 4) is 0 Å². The van der Waals surface area contributed by atoms with E-state index in [2.05, 4.69) is 0 Å². The third-order valence-electron chi connectivity index (χ3n) is 2.50. The summed E-state index contributed by atoms with van der Waals surface area (Å²) in [5.74, 6) is 0.513. The van der Waals surface area contributed by atoms with E-state index in [1.54, 1.807) is 6.08 Å². The molecule has 1 fully saturated rings. The zero-order valence-electron chi connectivity index (χ0n) is 8.29. The second kappa shape index (κ2) is 5.79. The lowest BCUT2D eigenvalue weighted by atomic mass is 9.86. The van der Waals surface area contributed by atoms with Gasteiger partial charge in [0.1, 0.15) is 0 Å². The van der Waals surface area contributed by atoms with E-state index >= 15 is 0 Å². The molecule has 0 aliphatic heterocycles. The van der Waals surface area contributed by atoms with E-state index in [0.717, 1.165) is 12.8 Å². The molecule has 0 aromatic carbocycles. The average molecular weight is 182 g/mol. The summed E-state index contributed by atoms with van der Waals surface area (Å²) in [6, 6.07) is 0. The molecular formula is C11H18O2. The summed E-state index contributed by atoms with van der Waals surface area (Å²) >= 11 is 0. The Morgan fingerprint density at radius 3 is 2.69 bits per heavy atom. The van der Waals surface area contributed by atoms with Gasteiger partial charge in [0.05, 0.1) is 12.9 Å². The highest BCUT2D eigenvalue weighted by molar-refractivity contribution is 5.91. The van der Waals surface area contributed by atoms with Crippen LogP contribution < -0.4 is 0 Å². The van der Waals surface area contributed by atoms with Gasteiger partial charge in [-0.15, -0.1) is 0 Å². The van der Waals surface area contributed by atoms with Crippen LogP contribution in [0.25, 0.3) is 0 Å². The van der Waals surface area contributed by atoms with Crippen molar-refractivity contribution in [1.29, 1.82) is 0 Å². The molecule has 1 aliphatic rings. The molecule has 2 nitrogen and oxygen atoms in total. The molecule has 1 saturated carbocycles. The molecule has 74 valence electrons. The zero-order chi connectivity index (χ0) is 9.52. The Morgan fingerprint density at radius 1 is 1.38 bits per heavy atom. The standard InChI is InChI=1S/C11H18O2/c1-2-13-9-8-11(12)10-6-4-3-5-7-10/h8-10H,2-7H2,1H3. The Bertz CT molecular complexity index is 179. The van der Waals surface area contributed by atoms with Gasteiger partial charge in [0, 0.05) is 12.0 Å². The maximum absolute atomic E-state index is 11.5. The first-order valence-electron chi connectivity index (χ1n) is 5.16. The molecule has 0 bridgehead atoms. The summed E-state index contributed by atoms with van der Waals surface area (Å²) in [7, 11) is 0. The van der Waals surface area contributed by atoms with Crippen LogP contribution >= 0.6 is 0 Å². The normalized spacial score (nSPS) is 19.2. The van der Waals surface area contributed by atoms with Crippen LogP contribution in [0.1, 0.15) is 39.0 Å². The third kappa shape index (κ3) is 3.62. The van der Waals surface area contributed by atoms with Gasteiger partial charge in [-0.05, 0) is 19.8 Å². The quantitative estimate of drug-likeness (QED) is 0.493. The summed E-state index contributed by atoms with van der Waals surface area (Å²) in [4.78, 5) is 11.5. The molecule has 0 aromatic heterocycles. The van der Waals surface area contributed by atoms with Crippen LogP contribution in [0.2, 0.25) is 0 Å². The van der Waals surface area contributed by atoms with E-state index in [1.807, 2.05) is 6.92 Å². The summed E-state index contributed by atoms with van der Waals surface area (Å²) in [6.45, 7) is 2.55. The van der Waals surface area contributed by atoms with Crippen molar-refractivity contribution >= 4 is 5.78 Å². The molecule has 0 heterocycles. The minimum Gasteiger partial charge on any atom is -0.501 e. The number of allylic oxidation sites excluding steroid dienone is 1. The van der Waals surface area contributed by atoms with E-state index in [0.29, 0.717) is 6.61 Å². The molecule has 0 aromatic rings. The fraction of sp³-hybridized carbons (Fsp3) is 0.727. The van der Waals surface area contributed by atoms with Gasteiger partial charge in [0.25, 0.3) is 0 Å². The van der Waals surface area contributed by atoms with Crippen molar-refractivity contribution in [2.45, 2.75) is 39.0 Å². The minimum atomic E-state index is 0.244. The van der Waals surface area contributed by atoms with E-state index in [-0.39, 0.29) is 11.7 Å². The van der Waals surface area contributed by atoms with E-state index < -0.39 is 0 Å². The van der Waals surface area contributed by atoms with Crippen molar-refractivity contribution in [1.82, 2.24) is 0 Å². The summed E-state index contributed by atoms with van der Waals surface area (Å²) < 4.78 is 4.99. The van der Waals surface area contributed by atoms with Crippen LogP contribution in [0.5, 0.6) is 0 Å². The van der Waals surface area contributed by atoms with Gasteiger partial charge < -0.3 is 4.74 Å². The molecule has 0 atom stereocenters. The predicted octanol–water partition coefficient (Wildman–Crippen LogP) is 2.69. The third-order valence-corrected chi connectivity index (χ3v) is 2.50. The number of ether oxygens (including phenoxy) is 1. The first-order chi connectivity index (χ1) is 6.34. The Kier molecular flexibility index (Phi) is 4.58. The van der Waals surface area contributed by atoms with Gasteiger partial charge in [0.2, 0.25) is 0 Å². The Hall–Kier alpha value is -0.790. The van der Waals surface area contributed by atoms with Gasteiger partial charge in [-0.2, -0.15) is 0 Å². The van der Waals surface area contributed by atoms with Crippen LogP contribution in [0, 0.1) is 5.92 Å². The molecular weight excluding hydrogens is 164 g/mol. The van der Waals surface area contributed by atoms with Crippen molar-refractivity contribution < 1.29 is 9.53 Å². The fourth-order valence-corrected chi connectivity index (χ4v) is 1.73. The maximum Gasteiger partial charge on any atom is 0.161 e. The van der Waals surface area contributed by atoms with Gasteiger partial charge >= 0.3 is 0 Å². The summed E-state index contributed by atoms with van der Waals surface area (Å²) in [5, 5.41) is 0. The highest BCUT2D eigenvalue weighted by Gasteiger charge is 2.18. The smallest absolute Gasteiger partial charge is 0.161 e. The lowest BCUT2D eigenvalue weighted by molar-refractivity contribution is -0.119. The predicted molar refractivity (Wildman–Crippen MR) is 52.3 cm³/mol. The monoisotopic (exact) mass is 182 g/mol. The van der Waals surface area contributed by atoms with Crippen molar-refractivity contribution in [3.63, 3.8) is 0 Å². The van der Waals surface area contributed by atoms with Crippen molar-refractivity contribution in [2.24, 2.45) is 5.92 Å². The lowest BCUT2D eigenvalue weighted by Gasteiger charge is -2.18. The maximum atomic E-state index is 11.5.